The molecule has 18 heavy (non-hydrogen) atoms. The molecule has 1 aromatic heterocycles. The average molecular weight is 245 g/mol. The van der Waals surface area contributed by atoms with E-state index in [1.807, 2.05) is 0 Å². The maximum atomic E-state index is 13.3. The van der Waals surface area contributed by atoms with Gasteiger partial charge in [0.05, 0.1) is 17.6 Å². The zero-order chi connectivity index (χ0) is 13.1. The summed E-state index contributed by atoms with van der Waals surface area (Å²) in [5, 5.41) is 17.2. The molecule has 1 heterocycles. The predicted octanol–water partition coefficient (Wildman–Crippen LogP) is 1.25. The van der Waals surface area contributed by atoms with Crippen LogP contribution in [0.2, 0.25) is 0 Å². The topological polar surface area (TPSA) is 108 Å². The molecule has 6 nitrogen and oxygen atoms in total. The number of nitriles is 1. The second-order valence-corrected chi connectivity index (χ2v) is 3.43. The number of nitrogens with two attached hydrogens (primary N) is 1. The van der Waals surface area contributed by atoms with Crippen LogP contribution in [0.25, 0.3) is 0 Å². The minimum atomic E-state index is -0.701. The fourth-order valence-electron chi connectivity index (χ4n) is 1.40. The second kappa shape index (κ2) is 4.55. The van der Waals surface area contributed by atoms with E-state index in [0.29, 0.717) is 0 Å². The number of carbonyl (C=O) groups is 1. The Hall–Kier alpha value is -2.88. The molecule has 4 N–H and O–H groups in total. The zero-order valence-electron chi connectivity index (χ0n) is 9.07. The van der Waals surface area contributed by atoms with E-state index < -0.39 is 11.7 Å². The summed E-state index contributed by atoms with van der Waals surface area (Å²) < 4.78 is 13.3. The van der Waals surface area contributed by atoms with Gasteiger partial charge in [0.1, 0.15) is 23.1 Å². The van der Waals surface area contributed by atoms with Gasteiger partial charge in [-0.1, -0.05) is 6.07 Å². The Morgan fingerprint density at radius 3 is 2.94 bits per heavy atom. The number of nitrogens with one attached hydrogen (secondary N) is 2. The minimum absolute atomic E-state index is 0.0585. The number of nitrogens with zero attached hydrogens (tertiary/aromatic N) is 2. The van der Waals surface area contributed by atoms with Gasteiger partial charge in [-0.2, -0.15) is 10.4 Å². The number of aromatic nitrogens is 2. The van der Waals surface area contributed by atoms with Gasteiger partial charge in [0.25, 0.3) is 5.91 Å². The van der Waals surface area contributed by atoms with E-state index in [-0.39, 0.29) is 22.6 Å². The summed E-state index contributed by atoms with van der Waals surface area (Å²) in [6, 6.07) is 5.63. The Balaban J connectivity index is 2.31. The number of amides is 1. The van der Waals surface area contributed by atoms with Crippen LogP contribution in [0.15, 0.2) is 24.4 Å². The maximum absolute atomic E-state index is 13.3. The van der Waals surface area contributed by atoms with Crippen LogP contribution in [-0.4, -0.2) is 16.1 Å². The third-order valence-electron chi connectivity index (χ3n) is 2.27. The van der Waals surface area contributed by atoms with Crippen LogP contribution in [-0.2, 0) is 0 Å². The molecule has 2 aromatic rings. The summed E-state index contributed by atoms with van der Waals surface area (Å²) in [7, 11) is 0. The molecule has 1 aromatic carbocycles. The summed E-state index contributed by atoms with van der Waals surface area (Å²) in [6.45, 7) is 0. The molecule has 0 saturated carbocycles. The summed E-state index contributed by atoms with van der Waals surface area (Å²) in [6.07, 6.45) is 1.28. The van der Waals surface area contributed by atoms with Crippen molar-refractivity contribution in [2.24, 2.45) is 0 Å². The summed E-state index contributed by atoms with van der Waals surface area (Å²) in [4.78, 5) is 11.8. The van der Waals surface area contributed by atoms with E-state index in [1.54, 1.807) is 6.07 Å². The van der Waals surface area contributed by atoms with Gasteiger partial charge in [0.15, 0.2) is 0 Å². The fourth-order valence-corrected chi connectivity index (χ4v) is 1.40. The molecule has 0 fully saturated rings. The molecule has 0 saturated heterocycles. The molecule has 90 valence electrons. The highest BCUT2D eigenvalue weighted by molar-refractivity contribution is 6.06. The van der Waals surface area contributed by atoms with Gasteiger partial charge in [0, 0.05) is 0 Å². The number of carbonyl (C=O) groups excluding carboxylic acids is 1. The van der Waals surface area contributed by atoms with Gasteiger partial charge in [-0.15, -0.1) is 0 Å². The Morgan fingerprint density at radius 1 is 1.56 bits per heavy atom. The lowest BCUT2D eigenvalue weighted by atomic mass is 10.2. The van der Waals surface area contributed by atoms with Crippen molar-refractivity contribution in [2.45, 2.75) is 0 Å². The first-order valence-corrected chi connectivity index (χ1v) is 4.92. The Kier molecular flexibility index (Phi) is 2.93. The number of nitrogen functional groups attached to an aromatic ring is 1. The number of hydrogen-bond donors (Lipinski definition) is 3. The lowest BCUT2D eigenvalue weighted by Gasteiger charge is -2.06. The van der Waals surface area contributed by atoms with Crippen molar-refractivity contribution in [1.29, 1.82) is 5.26 Å². The van der Waals surface area contributed by atoms with Gasteiger partial charge in [-0.3, -0.25) is 9.89 Å². The van der Waals surface area contributed by atoms with Crippen molar-refractivity contribution in [3.8, 4) is 6.07 Å². The van der Waals surface area contributed by atoms with E-state index in [1.165, 1.54) is 18.3 Å². The molecule has 7 heteroatoms. The molecule has 0 aliphatic heterocycles. The molecule has 0 spiro atoms. The summed E-state index contributed by atoms with van der Waals surface area (Å²) in [5.74, 6) is -1.29. The van der Waals surface area contributed by atoms with Gasteiger partial charge in [-0.25, -0.2) is 4.39 Å². The Morgan fingerprint density at radius 2 is 2.33 bits per heavy atom. The van der Waals surface area contributed by atoms with E-state index in [4.69, 9.17) is 11.0 Å². The fraction of sp³-hybridized carbons (Fsp3) is 0. The predicted molar refractivity (Wildman–Crippen MR) is 62.1 cm³/mol. The highest BCUT2D eigenvalue weighted by Crippen LogP contribution is 2.19. The summed E-state index contributed by atoms with van der Waals surface area (Å²) in [5.41, 5.74) is 5.58. The largest absolute Gasteiger partial charge is 0.396 e. The van der Waals surface area contributed by atoms with Gasteiger partial charge < -0.3 is 11.1 Å². The van der Waals surface area contributed by atoms with Crippen LogP contribution in [0.3, 0.4) is 0 Å². The molecular formula is C11H8FN5O. The molecular weight excluding hydrogens is 237 g/mol. The number of H-pyrrole nitrogens is 1. The average Bonchev–Trinajstić information content (AvgIpc) is 2.76. The molecule has 0 unspecified atom stereocenters. The van der Waals surface area contributed by atoms with Crippen molar-refractivity contribution >= 4 is 17.3 Å². The van der Waals surface area contributed by atoms with E-state index in [0.717, 1.165) is 6.07 Å². The second-order valence-electron chi connectivity index (χ2n) is 3.43. The van der Waals surface area contributed by atoms with Gasteiger partial charge in [-0.05, 0) is 12.1 Å². The van der Waals surface area contributed by atoms with Crippen LogP contribution in [0.4, 0.5) is 15.8 Å². The molecule has 1 amide bonds. The van der Waals surface area contributed by atoms with Crippen molar-refractivity contribution in [1.82, 2.24) is 10.2 Å². The smallest absolute Gasteiger partial charge is 0.275 e. The molecule has 0 radical (unpaired) electrons. The van der Waals surface area contributed by atoms with E-state index in [2.05, 4.69) is 15.5 Å². The number of rotatable bonds is 2. The normalized spacial score (nSPS) is 9.78. The monoisotopic (exact) mass is 245 g/mol. The first kappa shape index (κ1) is 11.6. The van der Waals surface area contributed by atoms with Crippen LogP contribution >= 0.6 is 0 Å². The quantitative estimate of drug-likeness (QED) is 0.739. The van der Waals surface area contributed by atoms with Crippen LogP contribution < -0.4 is 11.1 Å². The number of anilines is 2. The van der Waals surface area contributed by atoms with Crippen molar-refractivity contribution in [3.05, 3.63) is 41.5 Å². The third-order valence-corrected chi connectivity index (χ3v) is 2.27. The summed E-state index contributed by atoms with van der Waals surface area (Å²) >= 11 is 0. The minimum Gasteiger partial charge on any atom is -0.396 e. The van der Waals surface area contributed by atoms with Crippen LogP contribution in [0, 0.1) is 17.1 Å². The maximum Gasteiger partial charge on any atom is 0.275 e. The van der Waals surface area contributed by atoms with Crippen LogP contribution in [0.5, 0.6) is 0 Å². The molecule has 0 aliphatic rings. The Labute approximate surface area is 101 Å². The molecule has 0 aliphatic carbocycles. The number of benzene rings is 1. The highest BCUT2D eigenvalue weighted by atomic mass is 19.1. The van der Waals surface area contributed by atoms with Crippen molar-refractivity contribution < 1.29 is 9.18 Å². The first-order chi connectivity index (χ1) is 8.63. The zero-order valence-corrected chi connectivity index (χ0v) is 9.07. The van der Waals surface area contributed by atoms with Crippen molar-refractivity contribution in [2.75, 3.05) is 11.1 Å². The molecule has 0 bridgehead atoms. The Bertz CT molecular complexity index is 643. The van der Waals surface area contributed by atoms with E-state index in [9.17, 15) is 9.18 Å². The first-order valence-electron chi connectivity index (χ1n) is 4.92. The van der Waals surface area contributed by atoms with E-state index >= 15 is 0 Å². The van der Waals surface area contributed by atoms with Gasteiger partial charge >= 0.3 is 0 Å². The van der Waals surface area contributed by atoms with Gasteiger partial charge in [0.2, 0.25) is 0 Å². The molecule has 2 rings (SSSR count). The third kappa shape index (κ3) is 1.99. The lowest BCUT2D eigenvalue weighted by molar-refractivity contribution is 0.102. The lowest BCUT2D eigenvalue weighted by Crippen LogP contribution is -2.15. The SMILES string of the molecule is N#Cc1c(F)cccc1NC(=O)c1[nH]ncc1N. The number of halogens is 1. The number of aromatic amines is 1. The number of hydrogen-bond acceptors (Lipinski definition) is 4. The molecule has 0 atom stereocenters. The van der Waals surface area contributed by atoms with Crippen LogP contribution in [0.1, 0.15) is 16.1 Å². The van der Waals surface area contributed by atoms with Crippen molar-refractivity contribution in [3.63, 3.8) is 0 Å². The standard InChI is InChI=1S/C11H8FN5O/c12-7-2-1-3-9(6(7)4-13)16-11(18)10-8(14)5-15-17-10/h1-3,5H,14H2,(H,15,17)(H,16,18). The highest BCUT2D eigenvalue weighted by Gasteiger charge is 2.15.